The van der Waals surface area contributed by atoms with E-state index in [4.69, 9.17) is 68.2 Å². The molecule has 2 saturated carbocycles. The molecule has 4 nitrogen and oxygen atoms in total. The molecule has 3 rings (SSSR count). The minimum absolute atomic E-state index is 0.370. The predicted molar refractivity (Wildman–Crippen MR) is 118 cm³/mol. The summed E-state index contributed by atoms with van der Waals surface area (Å²) >= 11 is 22.1. The largest absolute Gasteiger partial charge is 0.387 e. The molecule has 2 aliphatic carbocycles. The SMILES string of the molecule is CC.CC.ClSC(Cl)(Cl)Cl.Clc1nc(C2CC2)ns1.N=C(N)C1CC1. The average molecular weight is 491 g/mol. The molecule has 2 aliphatic rings. The summed E-state index contributed by atoms with van der Waals surface area (Å²) in [6, 6.07) is 0. The van der Waals surface area contributed by atoms with Crippen LogP contribution in [0.4, 0.5) is 0 Å². The molecule has 0 aliphatic heterocycles. The molecule has 25 heavy (non-hydrogen) atoms. The van der Waals surface area contributed by atoms with Crippen molar-refractivity contribution in [2.75, 3.05) is 0 Å². The van der Waals surface area contributed by atoms with Crippen molar-refractivity contribution in [3.05, 3.63) is 10.3 Å². The fourth-order valence-electron chi connectivity index (χ4n) is 1.12. The molecule has 0 radical (unpaired) electrons. The monoisotopic (exact) mass is 488 g/mol. The van der Waals surface area contributed by atoms with E-state index in [1.165, 1.54) is 24.4 Å². The van der Waals surface area contributed by atoms with Crippen LogP contribution in [0.3, 0.4) is 0 Å². The summed E-state index contributed by atoms with van der Waals surface area (Å²) in [5.74, 6) is 2.42. The van der Waals surface area contributed by atoms with Gasteiger partial charge in [0, 0.05) is 22.8 Å². The molecule has 0 bridgehead atoms. The van der Waals surface area contributed by atoms with Crippen molar-refractivity contribution < 1.29 is 0 Å². The second-order valence-corrected chi connectivity index (χ2v) is 9.95. The van der Waals surface area contributed by atoms with Gasteiger partial charge in [0.2, 0.25) is 4.47 Å². The highest BCUT2D eigenvalue weighted by atomic mass is 35.7. The first-order valence-electron chi connectivity index (χ1n) is 7.92. The fraction of sp³-hybridized carbons (Fsp3) is 0.786. The maximum absolute atomic E-state index is 6.79. The van der Waals surface area contributed by atoms with E-state index in [1.807, 2.05) is 27.7 Å². The van der Waals surface area contributed by atoms with Crippen molar-refractivity contribution >= 4 is 85.4 Å². The highest BCUT2D eigenvalue weighted by Crippen LogP contribution is 2.41. The summed E-state index contributed by atoms with van der Waals surface area (Å²) < 4.78 is 3.28. The second-order valence-electron chi connectivity index (χ2n) is 4.43. The Morgan fingerprint density at radius 1 is 1.16 bits per heavy atom. The van der Waals surface area contributed by atoms with Gasteiger partial charge < -0.3 is 5.73 Å². The topological polar surface area (TPSA) is 75.7 Å². The van der Waals surface area contributed by atoms with Gasteiger partial charge in [-0.2, -0.15) is 4.37 Å². The quantitative estimate of drug-likeness (QED) is 0.253. The minimum Gasteiger partial charge on any atom is -0.387 e. The number of rotatable bonds is 2. The van der Waals surface area contributed by atoms with Gasteiger partial charge in [-0.05, 0) is 59.5 Å². The third kappa shape index (κ3) is 18.0. The first-order chi connectivity index (χ1) is 11.7. The van der Waals surface area contributed by atoms with Crippen LogP contribution >= 0.6 is 79.6 Å². The molecule has 0 saturated heterocycles. The summed E-state index contributed by atoms with van der Waals surface area (Å²) in [5.41, 5.74) is 5.08. The molecule has 0 spiro atoms. The maximum atomic E-state index is 6.79. The molecule has 0 amide bonds. The third-order valence-corrected chi connectivity index (χ3v) is 5.55. The molecule has 0 atom stereocenters. The number of hydrogen-bond acceptors (Lipinski definition) is 5. The number of amidine groups is 1. The van der Waals surface area contributed by atoms with Gasteiger partial charge in [-0.1, -0.05) is 62.5 Å². The Hall–Kier alpha value is 0.830. The average Bonchev–Trinajstić information content (AvgIpc) is 3.50. The zero-order chi connectivity index (χ0) is 20.0. The number of nitrogens with one attached hydrogen (secondary N) is 1. The van der Waals surface area contributed by atoms with Crippen LogP contribution < -0.4 is 5.73 Å². The summed E-state index contributed by atoms with van der Waals surface area (Å²) in [4.78, 5) is 4.05. The Kier molecular flexibility index (Phi) is 17.8. The lowest BCUT2D eigenvalue weighted by Crippen LogP contribution is -2.10. The Bertz CT molecular complexity index is 460. The van der Waals surface area contributed by atoms with Crippen LogP contribution in [0, 0.1) is 11.3 Å². The number of nitrogens with zero attached hydrogens (tertiary/aromatic N) is 2. The van der Waals surface area contributed by atoms with E-state index in [9.17, 15) is 0 Å². The van der Waals surface area contributed by atoms with E-state index in [2.05, 4.69) is 9.36 Å². The van der Waals surface area contributed by atoms with Crippen molar-refractivity contribution in [3.63, 3.8) is 0 Å². The number of alkyl halides is 3. The maximum Gasteiger partial charge on any atom is 0.251 e. The molecule has 0 unspecified atom stereocenters. The van der Waals surface area contributed by atoms with Crippen LogP contribution in [0.2, 0.25) is 4.47 Å². The van der Waals surface area contributed by atoms with E-state index in [1.54, 1.807) is 0 Å². The normalized spacial score (nSPS) is 14.9. The van der Waals surface area contributed by atoms with E-state index in [-0.39, 0.29) is 0 Å². The van der Waals surface area contributed by atoms with E-state index in [0.717, 1.165) is 18.7 Å². The van der Waals surface area contributed by atoms with Gasteiger partial charge in [0.15, 0.2) is 0 Å². The van der Waals surface area contributed by atoms with Gasteiger partial charge in [0.1, 0.15) is 5.82 Å². The van der Waals surface area contributed by atoms with Crippen molar-refractivity contribution in [2.45, 2.75) is 62.4 Å². The van der Waals surface area contributed by atoms with Gasteiger partial charge >= 0.3 is 0 Å². The number of hydrogen-bond donors (Lipinski definition) is 2. The zero-order valence-corrected chi connectivity index (χ0v) is 20.1. The Morgan fingerprint density at radius 2 is 1.60 bits per heavy atom. The van der Waals surface area contributed by atoms with Crippen LogP contribution in [0.25, 0.3) is 0 Å². The Morgan fingerprint density at radius 3 is 1.76 bits per heavy atom. The second kappa shape index (κ2) is 15.8. The van der Waals surface area contributed by atoms with Crippen LogP contribution in [0.1, 0.15) is 65.1 Å². The lowest BCUT2D eigenvalue weighted by molar-refractivity contribution is 0.986. The van der Waals surface area contributed by atoms with Crippen LogP contribution in [0.5, 0.6) is 0 Å². The van der Waals surface area contributed by atoms with Gasteiger partial charge in [0.25, 0.3) is 3.12 Å². The van der Waals surface area contributed by atoms with Crippen molar-refractivity contribution in [3.8, 4) is 0 Å². The summed E-state index contributed by atoms with van der Waals surface area (Å²) in [6.45, 7) is 8.00. The number of nitrogens with two attached hydrogens (primary N) is 1. The smallest absolute Gasteiger partial charge is 0.251 e. The fourth-order valence-corrected chi connectivity index (χ4v) is 1.80. The first kappa shape index (κ1) is 28.0. The molecular weight excluding hydrogens is 466 g/mol. The van der Waals surface area contributed by atoms with Crippen molar-refractivity contribution in [1.82, 2.24) is 9.36 Å². The lowest BCUT2D eigenvalue weighted by Gasteiger charge is -1.99. The third-order valence-electron chi connectivity index (χ3n) is 2.46. The molecule has 1 aromatic heterocycles. The summed E-state index contributed by atoms with van der Waals surface area (Å²) in [6.07, 6.45) is 4.78. The first-order valence-corrected chi connectivity index (χ1v) is 11.8. The van der Waals surface area contributed by atoms with Gasteiger partial charge in [0.05, 0.1) is 5.84 Å². The van der Waals surface area contributed by atoms with Crippen LogP contribution in [-0.2, 0) is 0 Å². The van der Waals surface area contributed by atoms with Crippen LogP contribution in [-0.4, -0.2) is 18.3 Å². The summed E-state index contributed by atoms with van der Waals surface area (Å²) in [7, 11) is 5.65. The molecule has 3 N–H and O–H groups in total. The highest BCUT2D eigenvalue weighted by Gasteiger charge is 2.27. The standard InChI is InChI=1S/C5H5ClN2S.C4H8N2.2C2H6.CCl4S/c6-5-7-4(8-9-5)3-1-2-3;5-4(6)3-1-2-3;2*1-2;2-1(3,4)6-5/h3H,1-2H2;3H,1-2H2,(H3,5,6);2*1-2H3;. The van der Waals surface area contributed by atoms with Crippen molar-refractivity contribution in [2.24, 2.45) is 11.7 Å². The Labute approximate surface area is 183 Å². The van der Waals surface area contributed by atoms with Gasteiger partial charge in [-0.25, -0.2) is 4.98 Å². The van der Waals surface area contributed by atoms with Crippen LogP contribution in [0.15, 0.2) is 0 Å². The molecular formula is C14H25Cl5N4S2. The zero-order valence-electron chi connectivity index (χ0n) is 14.7. The van der Waals surface area contributed by atoms with Gasteiger partial charge in [-0.15, -0.1) is 0 Å². The molecule has 11 heteroatoms. The number of halogens is 5. The molecule has 2 fully saturated rings. The minimum atomic E-state index is -1.36. The molecule has 1 heterocycles. The van der Waals surface area contributed by atoms with E-state index >= 15 is 0 Å². The summed E-state index contributed by atoms with van der Waals surface area (Å²) in [5, 5.41) is 6.79. The molecule has 1 aromatic rings. The van der Waals surface area contributed by atoms with E-state index in [0.29, 0.717) is 33.1 Å². The highest BCUT2D eigenvalue weighted by molar-refractivity contribution is 8.24. The van der Waals surface area contributed by atoms with Gasteiger partial charge in [-0.3, -0.25) is 5.41 Å². The predicted octanol–water partition coefficient (Wildman–Crippen LogP) is 7.65. The molecule has 148 valence electrons. The van der Waals surface area contributed by atoms with Crippen molar-refractivity contribution in [1.29, 1.82) is 5.41 Å². The Balaban J connectivity index is 0. The molecule has 0 aromatic carbocycles. The number of aromatic nitrogens is 2. The lowest BCUT2D eigenvalue weighted by atomic mass is 10.4. The van der Waals surface area contributed by atoms with E-state index < -0.39 is 3.12 Å².